The SMILES string of the molecule is CCCCOc1cc(O)cc(CC=O)c1. The van der Waals surface area contributed by atoms with Gasteiger partial charge in [0.15, 0.2) is 0 Å². The number of phenols is 1. The lowest BCUT2D eigenvalue weighted by Crippen LogP contribution is -1.97. The lowest BCUT2D eigenvalue weighted by atomic mass is 10.1. The van der Waals surface area contributed by atoms with E-state index in [0.29, 0.717) is 18.8 Å². The number of benzene rings is 1. The predicted octanol–water partition coefficient (Wildman–Crippen LogP) is 2.31. The zero-order chi connectivity index (χ0) is 11.1. The first-order valence-corrected chi connectivity index (χ1v) is 5.15. The maximum Gasteiger partial charge on any atom is 0.124 e. The third kappa shape index (κ3) is 4.02. The van der Waals surface area contributed by atoms with Crippen LogP contribution in [0.1, 0.15) is 25.3 Å². The van der Waals surface area contributed by atoms with Gasteiger partial charge in [-0.25, -0.2) is 0 Å². The fourth-order valence-electron chi connectivity index (χ4n) is 1.28. The van der Waals surface area contributed by atoms with E-state index in [1.165, 1.54) is 0 Å². The molecule has 0 saturated heterocycles. The molecule has 1 rings (SSSR count). The van der Waals surface area contributed by atoms with Gasteiger partial charge in [0.05, 0.1) is 6.61 Å². The topological polar surface area (TPSA) is 46.5 Å². The second kappa shape index (κ2) is 6.06. The Kier molecular flexibility index (Phi) is 4.68. The Morgan fingerprint density at radius 3 is 2.87 bits per heavy atom. The Labute approximate surface area is 89.7 Å². The molecule has 0 saturated carbocycles. The van der Waals surface area contributed by atoms with Crippen molar-refractivity contribution in [3.05, 3.63) is 23.8 Å². The number of aldehydes is 1. The molecule has 0 atom stereocenters. The lowest BCUT2D eigenvalue weighted by Gasteiger charge is -2.07. The lowest BCUT2D eigenvalue weighted by molar-refractivity contribution is -0.107. The monoisotopic (exact) mass is 208 g/mol. The number of unbranched alkanes of at least 4 members (excludes halogenated alkanes) is 1. The van der Waals surface area contributed by atoms with Crippen LogP contribution in [-0.4, -0.2) is 18.0 Å². The van der Waals surface area contributed by atoms with E-state index >= 15 is 0 Å². The summed E-state index contributed by atoms with van der Waals surface area (Å²) in [5.74, 6) is 0.765. The van der Waals surface area contributed by atoms with Crippen molar-refractivity contribution in [2.45, 2.75) is 26.2 Å². The zero-order valence-electron chi connectivity index (χ0n) is 8.90. The average Bonchev–Trinajstić information content (AvgIpc) is 2.18. The van der Waals surface area contributed by atoms with Crippen molar-refractivity contribution in [1.82, 2.24) is 0 Å². The van der Waals surface area contributed by atoms with Crippen LogP contribution in [-0.2, 0) is 11.2 Å². The molecule has 0 aromatic heterocycles. The summed E-state index contributed by atoms with van der Waals surface area (Å²) in [6.45, 7) is 2.73. The standard InChI is InChI=1S/C12H16O3/c1-2-3-6-15-12-8-10(4-5-13)7-11(14)9-12/h5,7-9,14H,2-4,6H2,1H3. The number of carbonyl (C=O) groups is 1. The number of rotatable bonds is 6. The molecule has 0 heterocycles. The summed E-state index contributed by atoms with van der Waals surface area (Å²) < 4.78 is 5.44. The molecule has 3 heteroatoms. The Hall–Kier alpha value is -1.51. The van der Waals surface area contributed by atoms with E-state index in [1.807, 2.05) is 0 Å². The molecule has 0 aliphatic rings. The highest BCUT2D eigenvalue weighted by Gasteiger charge is 2.00. The van der Waals surface area contributed by atoms with Gasteiger partial charge in [0, 0.05) is 12.5 Å². The van der Waals surface area contributed by atoms with Gasteiger partial charge in [-0.05, 0) is 24.1 Å². The van der Waals surface area contributed by atoms with Crippen LogP contribution in [0.3, 0.4) is 0 Å². The quantitative estimate of drug-likeness (QED) is 0.576. The highest BCUT2D eigenvalue weighted by atomic mass is 16.5. The molecule has 0 fully saturated rings. The summed E-state index contributed by atoms with van der Waals surface area (Å²) in [6, 6.07) is 4.91. The van der Waals surface area contributed by atoms with E-state index in [9.17, 15) is 9.90 Å². The molecule has 0 spiro atoms. The van der Waals surface area contributed by atoms with Crippen LogP contribution in [0.4, 0.5) is 0 Å². The van der Waals surface area contributed by atoms with Gasteiger partial charge in [0.1, 0.15) is 17.8 Å². The van der Waals surface area contributed by atoms with Crippen molar-refractivity contribution in [2.75, 3.05) is 6.61 Å². The van der Waals surface area contributed by atoms with Crippen LogP contribution < -0.4 is 4.74 Å². The predicted molar refractivity (Wildman–Crippen MR) is 58.3 cm³/mol. The molecule has 1 N–H and O–H groups in total. The van der Waals surface area contributed by atoms with Crippen LogP contribution in [0.5, 0.6) is 11.5 Å². The van der Waals surface area contributed by atoms with Gasteiger partial charge in [-0.3, -0.25) is 0 Å². The molecule has 15 heavy (non-hydrogen) atoms. The van der Waals surface area contributed by atoms with Crippen molar-refractivity contribution in [1.29, 1.82) is 0 Å². The first-order chi connectivity index (χ1) is 7.26. The van der Waals surface area contributed by atoms with E-state index < -0.39 is 0 Å². The van der Waals surface area contributed by atoms with Crippen molar-refractivity contribution in [3.63, 3.8) is 0 Å². The smallest absolute Gasteiger partial charge is 0.124 e. The molecule has 0 bridgehead atoms. The number of phenolic OH excluding ortho intramolecular Hbond substituents is 1. The second-order valence-electron chi connectivity index (χ2n) is 3.41. The van der Waals surface area contributed by atoms with Gasteiger partial charge in [-0.15, -0.1) is 0 Å². The first kappa shape index (κ1) is 11.6. The number of carbonyl (C=O) groups excluding carboxylic acids is 1. The second-order valence-corrected chi connectivity index (χ2v) is 3.41. The third-order valence-electron chi connectivity index (χ3n) is 2.04. The minimum Gasteiger partial charge on any atom is -0.508 e. The van der Waals surface area contributed by atoms with E-state index in [4.69, 9.17) is 4.74 Å². The van der Waals surface area contributed by atoms with Crippen LogP contribution in [0.2, 0.25) is 0 Å². The number of ether oxygens (including phenoxy) is 1. The maximum atomic E-state index is 10.3. The summed E-state index contributed by atoms with van der Waals surface area (Å²) in [4.78, 5) is 10.3. The minimum atomic E-state index is 0.140. The van der Waals surface area contributed by atoms with E-state index in [2.05, 4.69) is 6.92 Å². The molecule has 0 amide bonds. The molecular weight excluding hydrogens is 192 g/mol. The first-order valence-electron chi connectivity index (χ1n) is 5.15. The normalized spacial score (nSPS) is 9.93. The van der Waals surface area contributed by atoms with E-state index in [1.54, 1.807) is 18.2 Å². The molecule has 0 unspecified atom stereocenters. The Bertz CT molecular complexity index is 321. The fourth-order valence-corrected chi connectivity index (χ4v) is 1.28. The van der Waals surface area contributed by atoms with Crippen LogP contribution in [0.25, 0.3) is 0 Å². The number of hydrogen-bond donors (Lipinski definition) is 1. The largest absolute Gasteiger partial charge is 0.508 e. The van der Waals surface area contributed by atoms with Gasteiger partial charge in [-0.2, -0.15) is 0 Å². The summed E-state index contributed by atoms with van der Waals surface area (Å²) in [7, 11) is 0. The molecular formula is C12H16O3. The fraction of sp³-hybridized carbons (Fsp3) is 0.417. The number of aromatic hydroxyl groups is 1. The molecule has 3 nitrogen and oxygen atoms in total. The zero-order valence-corrected chi connectivity index (χ0v) is 8.90. The summed E-state index contributed by atoms with van der Waals surface area (Å²) >= 11 is 0. The minimum absolute atomic E-state index is 0.140. The summed E-state index contributed by atoms with van der Waals surface area (Å²) in [5.41, 5.74) is 0.775. The summed E-state index contributed by atoms with van der Waals surface area (Å²) in [5, 5.41) is 9.38. The van der Waals surface area contributed by atoms with Crippen molar-refractivity contribution < 1.29 is 14.6 Å². The average molecular weight is 208 g/mol. The molecule has 0 aliphatic carbocycles. The molecule has 1 aromatic rings. The Morgan fingerprint density at radius 1 is 1.40 bits per heavy atom. The third-order valence-corrected chi connectivity index (χ3v) is 2.04. The maximum absolute atomic E-state index is 10.3. The van der Waals surface area contributed by atoms with Gasteiger partial charge < -0.3 is 14.6 Å². The van der Waals surface area contributed by atoms with Crippen LogP contribution in [0.15, 0.2) is 18.2 Å². The Balaban J connectivity index is 2.65. The Morgan fingerprint density at radius 2 is 2.20 bits per heavy atom. The van der Waals surface area contributed by atoms with Gasteiger partial charge >= 0.3 is 0 Å². The van der Waals surface area contributed by atoms with E-state index in [0.717, 1.165) is 24.7 Å². The molecule has 0 aliphatic heterocycles. The molecule has 0 radical (unpaired) electrons. The molecule has 1 aromatic carbocycles. The highest BCUT2D eigenvalue weighted by Crippen LogP contribution is 2.22. The van der Waals surface area contributed by atoms with Crippen molar-refractivity contribution >= 4 is 6.29 Å². The van der Waals surface area contributed by atoms with Gasteiger partial charge in [-0.1, -0.05) is 13.3 Å². The van der Waals surface area contributed by atoms with Crippen molar-refractivity contribution in [3.8, 4) is 11.5 Å². The van der Waals surface area contributed by atoms with Crippen molar-refractivity contribution in [2.24, 2.45) is 0 Å². The van der Waals surface area contributed by atoms with Gasteiger partial charge in [0.2, 0.25) is 0 Å². The molecule has 82 valence electrons. The van der Waals surface area contributed by atoms with E-state index in [-0.39, 0.29) is 5.75 Å². The highest BCUT2D eigenvalue weighted by molar-refractivity contribution is 5.56. The summed E-state index contributed by atoms with van der Waals surface area (Å²) in [6.07, 6.45) is 3.17. The van der Waals surface area contributed by atoms with Gasteiger partial charge in [0.25, 0.3) is 0 Å². The number of hydrogen-bond acceptors (Lipinski definition) is 3. The van der Waals surface area contributed by atoms with Crippen LogP contribution in [0, 0.1) is 0 Å². The van der Waals surface area contributed by atoms with Crippen LogP contribution >= 0.6 is 0 Å².